The molecule has 1 aliphatic carbocycles. The van der Waals surface area contributed by atoms with E-state index in [9.17, 15) is 19.1 Å². The zero-order chi connectivity index (χ0) is 19.7. The minimum atomic E-state index is -0.753. The third kappa shape index (κ3) is 3.43. The van der Waals surface area contributed by atoms with Crippen LogP contribution in [0.4, 0.5) is 4.39 Å². The molecule has 0 bridgehead atoms. The number of hydrogen-bond acceptors (Lipinski definition) is 3. The molecule has 0 aromatic heterocycles. The van der Waals surface area contributed by atoms with Crippen LogP contribution >= 0.6 is 0 Å². The Morgan fingerprint density at radius 1 is 1.11 bits per heavy atom. The van der Waals surface area contributed by atoms with Gasteiger partial charge in [0.1, 0.15) is 11.4 Å². The molecule has 5 nitrogen and oxygen atoms in total. The first kappa shape index (κ1) is 19.4. The van der Waals surface area contributed by atoms with Gasteiger partial charge in [0.05, 0.1) is 12.5 Å². The van der Waals surface area contributed by atoms with Gasteiger partial charge in [-0.2, -0.15) is 0 Å². The second-order valence-corrected chi connectivity index (χ2v) is 8.51. The summed E-state index contributed by atoms with van der Waals surface area (Å²) in [6, 6.07) is 6.52. The smallest absolute Gasteiger partial charge is 0.248 e. The topological polar surface area (TPSA) is 60.9 Å². The van der Waals surface area contributed by atoms with Crippen molar-refractivity contribution in [2.24, 2.45) is 0 Å². The molecule has 1 aromatic rings. The number of hydrogen-bond donors (Lipinski definition) is 1. The molecule has 0 radical (unpaired) electrons. The number of likely N-dealkylation sites (tertiary alicyclic amines) is 2. The third-order valence-corrected chi connectivity index (χ3v) is 6.84. The Morgan fingerprint density at radius 2 is 1.79 bits per heavy atom. The van der Waals surface area contributed by atoms with Crippen LogP contribution in [0.3, 0.4) is 0 Å². The predicted octanol–water partition coefficient (Wildman–Crippen LogP) is 2.66. The van der Waals surface area contributed by atoms with Crippen LogP contribution in [0.25, 0.3) is 0 Å². The van der Waals surface area contributed by atoms with Crippen LogP contribution in [0.15, 0.2) is 24.3 Å². The van der Waals surface area contributed by atoms with Crippen LogP contribution in [0.1, 0.15) is 56.9 Å². The van der Waals surface area contributed by atoms with Gasteiger partial charge in [0, 0.05) is 19.1 Å². The maximum atomic E-state index is 14.0. The average molecular weight is 388 g/mol. The van der Waals surface area contributed by atoms with E-state index in [1.165, 1.54) is 6.07 Å². The highest BCUT2D eigenvalue weighted by molar-refractivity contribution is 5.93. The molecule has 1 N–H and O–H groups in total. The van der Waals surface area contributed by atoms with Crippen LogP contribution in [0.2, 0.25) is 0 Å². The standard InChI is InChI=1S/C22H29FN2O3/c23-19-6-2-1-5-16(19)15-20(27)25-14-4-12-22(25)11-3-13-24(21(22)28)17-7-9-18(26)10-8-17/h1-2,5-6,17-18,26H,3-4,7-15H2. The lowest BCUT2D eigenvalue weighted by atomic mass is 9.82. The fourth-order valence-corrected chi connectivity index (χ4v) is 5.36. The molecule has 2 amide bonds. The van der Waals surface area contributed by atoms with Crippen molar-refractivity contribution in [2.75, 3.05) is 13.1 Å². The number of rotatable bonds is 3. The second-order valence-electron chi connectivity index (χ2n) is 8.51. The molecular formula is C22H29FN2O3. The Hall–Kier alpha value is -1.95. The first-order valence-corrected chi connectivity index (χ1v) is 10.5. The van der Waals surface area contributed by atoms with Gasteiger partial charge in [0.2, 0.25) is 11.8 Å². The van der Waals surface area contributed by atoms with Gasteiger partial charge in [0.25, 0.3) is 0 Å². The predicted molar refractivity (Wildman–Crippen MR) is 103 cm³/mol. The van der Waals surface area contributed by atoms with E-state index in [2.05, 4.69) is 0 Å². The van der Waals surface area contributed by atoms with Crippen LogP contribution in [0, 0.1) is 5.82 Å². The number of nitrogens with zero attached hydrogens (tertiary/aromatic N) is 2. The normalized spacial score (nSPS) is 30.9. The van der Waals surface area contributed by atoms with Crippen molar-refractivity contribution in [1.82, 2.24) is 9.80 Å². The summed E-state index contributed by atoms with van der Waals surface area (Å²) in [6.07, 6.45) is 5.95. The van der Waals surface area contributed by atoms with Crippen LogP contribution in [-0.2, 0) is 16.0 Å². The molecule has 3 aliphatic rings. The van der Waals surface area contributed by atoms with E-state index in [4.69, 9.17) is 0 Å². The summed E-state index contributed by atoms with van der Waals surface area (Å²) in [6.45, 7) is 1.30. The number of aliphatic hydroxyl groups excluding tert-OH is 1. The lowest BCUT2D eigenvalue weighted by molar-refractivity contribution is -0.158. The quantitative estimate of drug-likeness (QED) is 0.866. The monoisotopic (exact) mass is 388 g/mol. The number of aliphatic hydroxyl groups is 1. The molecule has 1 saturated carbocycles. The van der Waals surface area contributed by atoms with Crippen molar-refractivity contribution < 1.29 is 19.1 Å². The van der Waals surface area contributed by atoms with E-state index in [-0.39, 0.29) is 36.2 Å². The van der Waals surface area contributed by atoms with Crippen molar-refractivity contribution in [3.05, 3.63) is 35.6 Å². The maximum absolute atomic E-state index is 14.0. The number of carbonyl (C=O) groups excluding carboxylic acids is 2. The van der Waals surface area contributed by atoms with Gasteiger partial charge in [-0.15, -0.1) is 0 Å². The fourth-order valence-electron chi connectivity index (χ4n) is 5.36. The summed E-state index contributed by atoms with van der Waals surface area (Å²) < 4.78 is 14.0. The SMILES string of the molecule is O=C(Cc1ccccc1F)N1CCCC12CCCN(C1CCC(O)CC1)C2=O. The van der Waals surface area contributed by atoms with Gasteiger partial charge in [-0.1, -0.05) is 18.2 Å². The molecule has 1 atom stereocenters. The highest BCUT2D eigenvalue weighted by atomic mass is 19.1. The summed E-state index contributed by atoms with van der Waals surface area (Å²) in [5.74, 6) is -0.460. The first-order valence-electron chi connectivity index (χ1n) is 10.5. The van der Waals surface area contributed by atoms with Gasteiger partial charge >= 0.3 is 0 Å². The van der Waals surface area contributed by atoms with Crippen molar-refractivity contribution in [3.63, 3.8) is 0 Å². The Balaban J connectivity index is 1.52. The summed E-state index contributed by atoms with van der Waals surface area (Å²) in [4.78, 5) is 30.3. The van der Waals surface area contributed by atoms with Crippen molar-refractivity contribution in [1.29, 1.82) is 0 Å². The van der Waals surface area contributed by atoms with Crippen molar-refractivity contribution in [2.45, 2.75) is 75.5 Å². The van der Waals surface area contributed by atoms with Crippen molar-refractivity contribution >= 4 is 11.8 Å². The highest BCUT2D eigenvalue weighted by Gasteiger charge is 2.53. The van der Waals surface area contributed by atoms with Crippen LogP contribution < -0.4 is 0 Å². The van der Waals surface area contributed by atoms with Crippen LogP contribution in [-0.4, -0.2) is 57.5 Å². The average Bonchev–Trinajstić information content (AvgIpc) is 3.11. The number of amides is 2. The molecule has 1 unspecified atom stereocenters. The molecular weight excluding hydrogens is 359 g/mol. The minimum absolute atomic E-state index is 0.00265. The third-order valence-electron chi connectivity index (χ3n) is 6.84. The van der Waals surface area contributed by atoms with Crippen molar-refractivity contribution in [3.8, 4) is 0 Å². The summed E-state index contributed by atoms with van der Waals surface area (Å²) in [5, 5.41) is 9.79. The van der Waals surface area contributed by atoms with Gasteiger partial charge in [-0.05, 0) is 63.0 Å². The Kier molecular flexibility index (Phi) is 5.41. The van der Waals surface area contributed by atoms with E-state index in [1.54, 1.807) is 23.1 Å². The lowest BCUT2D eigenvalue weighted by Crippen LogP contribution is -2.63. The van der Waals surface area contributed by atoms with Gasteiger partial charge < -0.3 is 14.9 Å². The van der Waals surface area contributed by atoms with Gasteiger partial charge in [0.15, 0.2) is 0 Å². The van der Waals surface area contributed by atoms with E-state index in [1.807, 2.05) is 4.90 Å². The number of carbonyl (C=O) groups is 2. The van der Waals surface area contributed by atoms with Gasteiger partial charge in [-0.3, -0.25) is 9.59 Å². The summed E-state index contributed by atoms with van der Waals surface area (Å²) >= 11 is 0. The second kappa shape index (κ2) is 7.82. The number of halogens is 1. The molecule has 4 rings (SSSR count). The van der Waals surface area contributed by atoms with Gasteiger partial charge in [-0.25, -0.2) is 4.39 Å². The largest absolute Gasteiger partial charge is 0.393 e. The molecule has 28 heavy (non-hydrogen) atoms. The zero-order valence-corrected chi connectivity index (χ0v) is 16.3. The number of benzene rings is 1. The Morgan fingerprint density at radius 3 is 2.50 bits per heavy atom. The summed E-state index contributed by atoms with van der Waals surface area (Å²) in [5.41, 5.74) is -0.368. The zero-order valence-electron chi connectivity index (χ0n) is 16.3. The molecule has 2 heterocycles. The Bertz CT molecular complexity index is 747. The minimum Gasteiger partial charge on any atom is -0.393 e. The van der Waals surface area contributed by atoms with E-state index >= 15 is 0 Å². The molecule has 2 saturated heterocycles. The maximum Gasteiger partial charge on any atom is 0.248 e. The molecule has 1 spiro atoms. The molecule has 6 heteroatoms. The summed E-state index contributed by atoms with van der Waals surface area (Å²) in [7, 11) is 0. The number of piperidine rings is 1. The lowest BCUT2D eigenvalue weighted by Gasteiger charge is -2.48. The fraction of sp³-hybridized carbons (Fsp3) is 0.636. The highest BCUT2D eigenvalue weighted by Crippen LogP contribution is 2.40. The van der Waals surface area contributed by atoms with E-state index in [0.29, 0.717) is 24.9 Å². The first-order chi connectivity index (χ1) is 13.5. The van der Waals surface area contributed by atoms with E-state index in [0.717, 1.165) is 45.1 Å². The Labute approximate surface area is 165 Å². The molecule has 2 aliphatic heterocycles. The van der Waals surface area contributed by atoms with Crippen LogP contribution in [0.5, 0.6) is 0 Å². The molecule has 1 aromatic carbocycles. The molecule has 152 valence electrons. The molecule has 3 fully saturated rings. The van der Waals surface area contributed by atoms with E-state index < -0.39 is 5.54 Å².